The minimum atomic E-state index is -1.23. The summed E-state index contributed by atoms with van der Waals surface area (Å²) >= 11 is 1.20. The van der Waals surface area contributed by atoms with Gasteiger partial charge in [0.15, 0.2) is 5.78 Å². The van der Waals surface area contributed by atoms with Gasteiger partial charge in [-0.25, -0.2) is 4.79 Å². The highest BCUT2D eigenvalue weighted by Gasteiger charge is 2.17. The molecule has 10 heteroatoms. The summed E-state index contributed by atoms with van der Waals surface area (Å²) in [6.07, 6.45) is 2.89. The summed E-state index contributed by atoms with van der Waals surface area (Å²) < 4.78 is 11.6. The molecule has 0 saturated heterocycles. The molecule has 0 radical (unpaired) electrons. The third-order valence-corrected chi connectivity index (χ3v) is 6.72. The average molecular weight is 540 g/mol. The molecule has 0 aliphatic heterocycles. The number of carboxylic acid groups (broad SMARTS) is 1. The zero-order chi connectivity index (χ0) is 27.7. The van der Waals surface area contributed by atoms with Crippen molar-refractivity contribution in [2.24, 2.45) is 0 Å². The number of unbranched alkanes of at least 4 members (excludes halogenated alkanes) is 1. The normalized spacial score (nSPS) is 10.7. The second-order valence-electron chi connectivity index (χ2n) is 8.46. The van der Waals surface area contributed by atoms with Gasteiger partial charge in [0.2, 0.25) is 0 Å². The van der Waals surface area contributed by atoms with Crippen molar-refractivity contribution in [1.82, 2.24) is 0 Å². The maximum atomic E-state index is 11.7. The number of carbonyl (C=O) groups excluding carboxylic acids is 1. The van der Waals surface area contributed by atoms with Crippen molar-refractivity contribution < 1.29 is 34.2 Å². The molecular formula is C28H29NO8S. The number of nitrogens with zero attached hydrogens (tertiary/aromatic N) is 1. The van der Waals surface area contributed by atoms with Crippen LogP contribution >= 0.6 is 11.8 Å². The first-order valence-electron chi connectivity index (χ1n) is 12.1. The molecule has 0 unspecified atom stereocenters. The second-order valence-corrected chi connectivity index (χ2v) is 9.58. The van der Waals surface area contributed by atoms with Crippen LogP contribution in [-0.2, 0) is 6.42 Å². The van der Waals surface area contributed by atoms with Gasteiger partial charge in [0, 0.05) is 27.5 Å². The Labute approximate surface area is 224 Å². The van der Waals surface area contributed by atoms with Crippen LogP contribution in [0.15, 0.2) is 64.4 Å². The minimum Gasteiger partial charge on any atom is -0.507 e. The Morgan fingerprint density at radius 2 is 1.66 bits per heavy atom. The van der Waals surface area contributed by atoms with Crippen LogP contribution < -0.4 is 9.47 Å². The van der Waals surface area contributed by atoms with Crippen molar-refractivity contribution in [1.29, 1.82) is 0 Å². The summed E-state index contributed by atoms with van der Waals surface area (Å²) in [5, 5.41) is 30.8. The molecule has 0 aromatic heterocycles. The lowest BCUT2D eigenvalue weighted by Gasteiger charge is -2.14. The highest BCUT2D eigenvalue weighted by molar-refractivity contribution is 7.99. The van der Waals surface area contributed by atoms with E-state index < -0.39 is 10.9 Å². The number of non-ortho nitro benzene ring substituents is 1. The van der Waals surface area contributed by atoms with Crippen LogP contribution in [0.3, 0.4) is 0 Å². The van der Waals surface area contributed by atoms with Crippen LogP contribution in [0.1, 0.15) is 59.4 Å². The van der Waals surface area contributed by atoms with Gasteiger partial charge in [0.05, 0.1) is 29.3 Å². The minimum absolute atomic E-state index is 0.00504. The van der Waals surface area contributed by atoms with Crippen molar-refractivity contribution in [3.05, 3.63) is 81.4 Å². The van der Waals surface area contributed by atoms with E-state index >= 15 is 0 Å². The SMILES string of the molecule is CCCc1c(OCCCCOc2ccc(Sc3ccc([N+](=O)[O-])cc3C(=O)O)cc2)ccc(C(C)=O)c1O. The number of phenolic OH excluding ortho intramolecular Hbond substituents is 1. The maximum absolute atomic E-state index is 11.7. The van der Waals surface area contributed by atoms with Gasteiger partial charge < -0.3 is 19.7 Å². The highest BCUT2D eigenvalue weighted by Crippen LogP contribution is 2.34. The number of rotatable bonds is 14. The molecule has 38 heavy (non-hydrogen) atoms. The highest BCUT2D eigenvalue weighted by atomic mass is 32.2. The van der Waals surface area contributed by atoms with Gasteiger partial charge in [-0.15, -0.1) is 0 Å². The van der Waals surface area contributed by atoms with Crippen LogP contribution in [0.2, 0.25) is 0 Å². The average Bonchev–Trinajstić information content (AvgIpc) is 2.88. The molecule has 200 valence electrons. The number of phenols is 1. The number of benzene rings is 3. The monoisotopic (exact) mass is 539 g/mol. The first-order valence-corrected chi connectivity index (χ1v) is 12.9. The molecule has 0 atom stereocenters. The predicted octanol–water partition coefficient (Wildman–Crippen LogP) is 6.54. The van der Waals surface area contributed by atoms with E-state index in [-0.39, 0.29) is 22.8 Å². The zero-order valence-electron chi connectivity index (χ0n) is 21.1. The fourth-order valence-electron chi connectivity index (χ4n) is 3.72. The Morgan fingerprint density at radius 1 is 0.974 bits per heavy atom. The lowest BCUT2D eigenvalue weighted by Crippen LogP contribution is -2.05. The van der Waals surface area contributed by atoms with Crippen molar-refractivity contribution in [3.63, 3.8) is 0 Å². The molecule has 0 bridgehead atoms. The molecule has 0 saturated carbocycles. The summed E-state index contributed by atoms with van der Waals surface area (Å²) in [6, 6.07) is 14.2. The Morgan fingerprint density at radius 3 is 2.26 bits per heavy atom. The third-order valence-electron chi connectivity index (χ3n) is 5.64. The van der Waals surface area contributed by atoms with Crippen molar-refractivity contribution >= 4 is 29.2 Å². The van der Waals surface area contributed by atoms with Gasteiger partial charge in [-0.1, -0.05) is 25.1 Å². The van der Waals surface area contributed by atoms with E-state index in [0.717, 1.165) is 30.2 Å². The summed E-state index contributed by atoms with van der Waals surface area (Å²) in [7, 11) is 0. The fourth-order valence-corrected chi connectivity index (χ4v) is 4.64. The van der Waals surface area contributed by atoms with Crippen LogP contribution in [-0.4, -0.2) is 40.1 Å². The van der Waals surface area contributed by atoms with E-state index in [1.165, 1.54) is 30.8 Å². The molecule has 0 fully saturated rings. The number of aromatic carboxylic acids is 1. The largest absolute Gasteiger partial charge is 0.507 e. The summed E-state index contributed by atoms with van der Waals surface area (Å²) in [5.41, 5.74) is 0.553. The molecule has 3 rings (SSSR count). The van der Waals surface area contributed by atoms with Crippen molar-refractivity contribution in [2.45, 2.75) is 49.3 Å². The maximum Gasteiger partial charge on any atom is 0.337 e. The lowest BCUT2D eigenvalue weighted by atomic mass is 10.0. The van der Waals surface area contributed by atoms with Gasteiger partial charge in [0.25, 0.3) is 5.69 Å². The van der Waals surface area contributed by atoms with E-state index in [9.17, 15) is 29.9 Å². The molecule has 0 aliphatic carbocycles. The number of carboxylic acids is 1. The summed E-state index contributed by atoms with van der Waals surface area (Å²) in [4.78, 5) is 34.7. The number of ether oxygens (including phenoxy) is 2. The van der Waals surface area contributed by atoms with Crippen LogP contribution in [0, 0.1) is 10.1 Å². The van der Waals surface area contributed by atoms with Crippen LogP contribution in [0.4, 0.5) is 5.69 Å². The molecule has 3 aromatic rings. The fraction of sp³-hybridized carbons (Fsp3) is 0.286. The van der Waals surface area contributed by atoms with E-state index in [2.05, 4.69) is 0 Å². The number of Topliss-reactive ketones (excluding diaryl/α,β-unsaturated/α-hetero) is 1. The van der Waals surface area contributed by atoms with Gasteiger partial charge in [0.1, 0.15) is 17.2 Å². The number of nitro benzene ring substituents is 1. The Bertz CT molecular complexity index is 1310. The number of hydrogen-bond donors (Lipinski definition) is 2. The molecular weight excluding hydrogens is 510 g/mol. The number of carbonyl (C=O) groups is 2. The van der Waals surface area contributed by atoms with Crippen LogP contribution in [0.25, 0.3) is 0 Å². The molecule has 0 heterocycles. The summed E-state index contributed by atoms with van der Waals surface area (Å²) in [5.74, 6) is -0.178. The quantitative estimate of drug-likeness (QED) is 0.101. The van der Waals surface area contributed by atoms with Gasteiger partial charge >= 0.3 is 5.97 Å². The first kappa shape index (κ1) is 28.5. The van der Waals surface area contributed by atoms with Gasteiger partial charge in [-0.05, 0) is 68.7 Å². The van der Waals surface area contributed by atoms with Crippen molar-refractivity contribution in [3.8, 4) is 17.2 Å². The van der Waals surface area contributed by atoms with E-state index in [0.29, 0.717) is 47.2 Å². The predicted molar refractivity (Wildman–Crippen MR) is 143 cm³/mol. The standard InChI is InChI=1S/C28H29NO8S/c1-3-6-23-25(13-12-22(18(2)30)27(23)31)37-16-5-4-15-36-20-8-10-21(11-9-20)38-26-14-7-19(29(34)35)17-24(26)28(32)33/h7-14,17,31H,3-6,15-16H2,1-2H3,(H,32,33). The van der Waals surface area contributed by atoms with E-state index in [1.54, 1.807) is 36.4 Å². The number of aromatic hydroxyl groups is 1. The zero-order valence-corrected chi connectivity index (χ0v) is 22.0. The van der Waals surface area contributed by atoms with Crippen molar-refractivity contribution in [2.75, 3.05) is 13.2 Å². The van der Waals surface area contributed by atoms with E-state index in [4.69, 9.17) is 9.47 Å². The van der Waals surface area contributed by atoms with Gasteiger partial charge in [-0.2, -0.15) is 0 Å². The van der Waals surface area contributed by atoms with Gasteiger partial charge in [-0.3, -0.25) is 14.9 Å². The molecule has 0 aliphatic rings. The lowest BCUT2D eigenvalue weighted by molar-refractivity contribution is -0.384. The summed E-state index contributed by atoms with van der Waals surface area (Å²) in [6.45, 7) is 4.33. The second kappa shape index (κ2) is 13.5. The smallest absolute Gasteiger partial charge is 0.337 e. The topological polar surface area (TPSA) is 136 Å². The number of ketones is 1. The Hall–Kier alpha value is -4.05. The van der Waals surface area contributed by atoms with E-state index in [1.807, 2.05) is 6.92 Å². The molecule has 9 nitrogen and oxygen atoms in total. The first-order chi connectivity index (χ1) is 18.2. The number of nitro groups is 1. The molecule has 0 spiro atoms. The molecule has 2 N–H and O–H groups in total. The van der Waals surface area contributed by atoms with Crippen LogP contribution in [0.5, 0.6) is 17.2 Å². The Balaban J connectivity index is 1.48. The Kier molecular flexibility index (Phi) is 10.1. The molecule has 0 amide bonds. The molecule has 3 aromatic carbocycles. The number of hydrogen-bond acceptors (Lipinski definition) is 8. The third kappa shape index (κ3) is 7.48.